The Morgan fingerprint density at radius 3 is 2.23 bits per heavy atom. The topological polar surface area (TPSA) is 159 Å². The predicted octanol–water partition coefficient (Wildman–Crippen LogP) is 3.36. The molecule has 0 unspecified atom stereocenters. The Morgan fingerprint density at radius 2 is 1.67 bits per heavy atom. The number of sulfone groups is 1. The summed E-state index contributed by atoms with van der Waals surface area (Å²) in [5, 5.41) is 15.6. The van der Waals surface area contributed by atoms with Crippen LogP contribution in [-0.4, -0.2) is 77.9 Å². The zero-order chi connectivity index (χ0) is 34.7. The highest BCUT2D eigenvalue weighted by Gasteiger charge is 2.37. The van der Waals surface area contributed by atoms with Gasteiger partial charge in [-0.25, -0.2) is 17.2 Å². The number of rotatable bonds is 18. The first-order valence-corrected chi connectivity index (χ1v) is 18.0. The van der Waals surface area contributed by atoms with Gasteiger partial charge in [-0.2, -0.15) is 0 Å². The molecule has 0 spiro atoms. The van der Waals surface area contributed by atoms with Crippen molar-refractivity contribution in [3.05, 3.63) is 70.8 Å². The van der Waals surface area contributed by atoms with Crippen molar-refractivity contribution in [3.63, 3.8) is 0 Å². The van der Waals surface area contributed by atoms with Gasteiger partial charge in [0.25, 0.3) is 0 Å². The van der Waals surface area contributed by atoms with Gasteiger partial charge in [-0.05, 0) is 60.9 Å². The van der Waals surface area contributed by atoms with Crippen molar-refractivity contribution in [3.8, 4) is 0 Å². The molecule has 3 rings (SSSR count). The van der Waals surface area contributed by atoms with E-state index in [9.17, 15) is 36.7 Å². The van der Waals surface area contributed by atoms with Crippen molar-refractivity contribution in [2.24, 2.45) is 5.73 Å². The fraction of sp³-hybridized carbons (Fsp3) is 0.559. The molecule has 14 heteroatoms. The van der Waals surface area contributed by atoms with E-state index in [1.54, 1.807) is 6.07 Å². The second kappa shape index (κ2) is 19.2. The predicted molar refractivity (Wildman–Crippen MR) is 183 cm³/mol. The summed E-state index contributed by atoms with van der Waals surface area (Å²) in [4.78, 5) is 40.7. The highest BCUT2D eigenvalue weighted by molar-refractivity contribution is 7.92. The van der Waals surface area contributed by atoms with Gasteiger partial charge in [-0.3, -0.25) is 14.4 Å². The fourth-order valence-corrected chi connectivity index (χ4v) is 8.05. The number of aliphatic hydroxyl groups is 1. The van der Waals surface area contributed by atoms with E-state index in [1.807, 2.05) is 39.0 Å². The van der Waals surface area contributed by atoms with Gasteiger partial charge < -0.3 is 26.4 Å². The largest absolute Gasteiger partial charge is 0.390 e. The van der Waals surface area contributed by atoms with Crippen molar-refractivity contribution < 1.29 is 36.7 Å². The van der Waals surface area contributed by atoms with E-state index in [0.29, 0.717) is 31.2 Å². The summed E-state index contributed by atoms with van der Waals surface area (Å²) in [7, 11) is -3.89. The van der Waals surface area contributed by atoms with Crippen molar-refractivity contribution in [2.45, 2.75) is 108 Å². The molecule has 1 fully saturated rings. The minimum absolute atomic E-state index is 0. The minimum atomic E-state index is -3.89. The first-order chi connectivity index (χ1) is 22.3. The first-order valence-electron chi connectivity index (χ1n) is 16.3. The second-order valence-electron chi connectivity index (χ2n) is 12.4. The zero-order valence-electron chi connectivity index (χ0n) is 27.8. The van der Waals surface area contributed by atoms with Gasteiger partial charge in [0.1, 0.15) is 23.7 Å². The number of amides is 3. The molecule has 1 aliphatic heterocycles. The molecule has 1 aliphatic rings. The van der Waals surface area contributed by atoms with E-state index in [1.165, 1.54) is 4.90 Å². The van der Waals surface area contributed by atoms with Crippen LogP contribution in [0.4, 0.5) is 8.78 Å². The third-order valence-corrected chi connectivity index (χ3v) is 10.7. The van der Waals surface area contributed by atoms with E-state index in [-0.39, 0.29) is 56.2 Å². The number of halogens is 3. The molecular weight excluding hydrogens is 666 g/mol. The van der Waals surface area contributed by atoms with Gasteiger partial charge in [0, 0.05) is 31.6 Å². The van der Waals surface area contributed by atoms with E-state index < -0.39 is 68.5 Å². The third kappa shape index (κ3) is 12.1. The third-order valence-electron chi connectivity index (χ3n) is 8.43. The molecule has 1 heterocycles. The summed E-state index contributed by atoms with van der Waals surface area (Å²) in [5.41, 5.74) is 8.17. The van der Waals surface area contributed by atoms with Crippen LogP contribution in [0.1, 0.15) is 76.0 Å². The Kier molecular flexibility index (Phi) is 16.4. The lowest BCUT2D eigenvalue weighted by Gasteiger charge is -2.32. The summed E-state index contributed by atoms with van der Waals surface area (Å²) in [6.07, 6.45) is 1.59. The van der Waals surface area contributed by atoms with Crippen LogP contribution in [0, 0.1) is 11.6 Å². The first kappa shape index (κ1) is 41.0. The van der Waals surface area contributed by atoms with E-state index in [0.717, 1.165) is 30.2 Å². The molecular formula is C34H49ClF2N4O6S. The average molecular weight is 715 g/mol. The molecule has 2 aromatic carbocycles. The molecule has 10 nitrogen and oxygen atoms in total. The van der Waals surface area contributed by atoms with Crippen LogP contribution in [0.3, 0.4) is 0 Å². The summed E-state index contributed by atoms with van der Waals surface area (Å²) in [5.74, 6) is -4.00. The molecule has 1 saturated heterocycles. The molecule has 0 bridgehead atoms. The van der Waals surface area contributed by atoms with Crippen LogP contribution in [0.5, 0.6) is 0 Å². The van der Waals surface area contributed by atoms with Crippen molar-refractivity contribution >= 4 is 40.0 Å². The number of aryl methyl sites for hydroxylation is 1. The normalized spacial score (nSPS) is 16.5. The number of nitrogens with one attached hydrogen (secondary N) is 2. The van der Waals surface area contributed by atoms with Crippen molar-refractivity contribution in [1.29, 1.82) is 0 Å². The number of hydrogen-bond acceptors (Lipinski definition) is 7. The fourth-order valence-electron chi connectivity index (χ4n) is 5.89. The van der Waals surface area contributed by atoms with E-state index >= 15 is 0 Å². The maximum atomic E-state index is 14.3. The second-order valence-corrected chi connectivity index (χ2v) is 14.7. The maximum absolute atomic E-state index is 14.3. The molecule has 0 saturated carbocycles. The molecule has 0 radical (unpaired) electrons. The van der Waals surface area contributed by atoms with Crippen LogP contribution in [0.2, 0.25) is 0 Å². The molecule has 0 aliphatic carbocycles. The van der Waals surface area contributed by atoms with E-state index in [4.69, 9.17) is 5.73 Å². The number of nitrogens with zero attached hydrogens (tertiary/aromatic N) is 1. The summed E-state index contributed by atoms with van der Waals surface area (Å²) >= 11 is 0. The van der Waals surface area contributed by atoms with Gasteiger partial charge in [-0.1, -0.05) is 57.9 Å². The minimum Gasteiger partial charge on any atom is -0.390 e. The molecule has 3 amide bonds. The van der Waals surface area contributed by atoms with Crippen LogP contribution in [-0.2, 0) is 43.6 Å². The molecule has 2 aromatic rings. The monoisotopic (exact) mass is 714 g/mol. The Bertz CT molecular complexity index is 1470. The molecule has 5 N–H and O–H groups in total. The Balaban J connectivity index is 0.00000800. The number of hydrogen-bond donors (Lipinski definition) is 4. The number of carbonyl (C=O) groups excluding carboxylic acids is 3. The average Bonchev–Trinajstić information content (AvgIpc) is 3.45. The number of aliphatic hydroxyl groups excluding tert-OH is 1. The highest BCUT2D eigenvalue weighted by atomic mass is 35.5. The van der Waals surface area contributed by atoms with Crippen LogP contribution in [0.25, 0.3) is 0 Å². The molecule has 48 heavy (non-hydrogen) atoms. The van der Waals surface area contributed by atoms with Crippen molar-refractivity contribution in [2.75, 3.05) is 12.3 Å². The molecule has 0 aromatic heterocycles. The highest BCUT2D eigenvalue weighted by Crippen LogP contribution is 2.20. The van der Waals surface area contributed by atoms with Gasteiger partial charge in [0.2, 0.25) is 17.7 Å². The van der Waals surface area contributed by atoms with Crippen LogP contribution >= 0.6 is 12.4 Å². The van der Waals surface area contributed by atoms with E-state index in [2.05, 4.69) is 10.6 Å². The lowest BCUT2D eigenvalue weighted by Crippen LogP contribution is -2.57. The number of nitrogens with two attached hydrogens (primary N) is 1. The molecule has 268 valence electrons. The van der Waals surface area contributed by atoms with Gasteiger partial charge >= 0.3 is 0 Å². The van der Waals surface area contributed by atoms with Gasteiger partial charge in [-0.15, -0.1) is 12.4 Å². The zero-order valence-corrected chi connectivity index (χ0v) is 29.4. The maximum Gasteiger partial charge on any atom is 0.246 e. The molecule has 4 atom stereocenters. The van der Waals surface area contributed by atoms with Gasteiger partial charge in [0.05, 0.1) is 17.1 Å². The smallest absolute Gasteiger partial charge is 0.246 e. The van der Waals surface area contributed by atoms with Crippen LogP contribution in [0.15, 0.2) is 42.5 Å². The Hall–Kier alpha value is -3.13. The lowest BCUT2D eigenvalue weighted by atomic mass is 10.0. The van der Waals surface area contributed by atoms with Gasteiger partial charge in [0.15, 0.2) is 9.84 Å². The number of carbonyl (C=O) groups is 3. The lowest BCUT2D eigenvalue weighted by molar-refractivity contribution is -0.138. The quantitative estimate of drug-likeness (QED) is 0.184. The SMILES string of the molecule is CCCC(CCC)S(=O)(=O)C[C@H](NC(=O)[C@H]1CCC(=O)N1)C(=O)N(Cc1cccc(CC)c1)C[C@@H](O)[C@@H](N)Cc1cc(F)cc(F)c1.Cl. The van der Waals surface area contributed by atoms with Crippen LogP contribution < -0.4 is 16.4 Å². The Labute approximate surface area is 288 Å². The summed E-state index contributed by atoms with van der Waals surface area (Å²) < 4.78 is 55.0. The Morgan fingerprint density at radius 1 is 1.04 bits per heavy atom. The number of benzene rings is 2. The summed E-state index contributed by atoms with van der Waals surface area (Å²) in [6.45, 7) is 5.33. The summed E-state index contributed by atoms with van der Waals surface area (Å²) in [6, 6.07) is 6.89. The standard InChI is InChI=1S/C34H48F2N4O6S.ClH/c1-4-8-27(9-5-2)47(45,46)21-30(39-33(43)29-12-13-32(42)38-29)34(44)40(19-23-11-7-10-22(6-3)14-23)20-31(41)28(37)17-24-15-25(35)18-26(36)16-24;/h7,10-11,14-16,18,27-31,41H,4-6,8-9,12-13,17,19-21,37H2,1-3H3,(H,38,42)(H,39,43);1H/t28-,29+,30-,31+;/m0./s1. The van der Waals surface area contributed by atoms with Crippen molar-refractivity contribution in [1.82, 2.24) is 15.5 Å².